The molecule has 0 fully saturated rings. The normalized spacial score (nSPS) is 10.0. The van der Waals surface area contributed by atoms with Crippen molar-refractivity contribution in [1.29, 1.82) is 0 Å². The molecule has 0 heterocycles. The first-order chi connectivity index (χ1) is 10.0. The van der Waals surface area contributed by atoms with Crippen molar-refractivity contribution in [2.45, 2.75) is 20.4 Å². The minimum absolute atomic E-state index is 0.133. The van der Waals surface area contributed by atoms with Gasteiger partial charge < -0.3 is 10.6 Å². The topological polar surface area (TPSA) is 58.2 Å². The largest absolute Gasteiger partial charge is 0.348 e. The van der Waals surface area contributed by atoms with Crippen LogP contribution in [-0.2, 0) is 11.3 Å². The van der Waals surface area contributed by atoms with Gasteiger partial charge in [0.25, 0.3) is 5.91 Å². The Balaban J connectivity index is 1.93. The molecule has 108 valence electrons. The van der Waals surface area contributed by atoms with Crippen LogP contribution in [-0.4, -0.2) is 11.8 Å². The molecule has 2 amide bonds. The highest BCUT2D eigenvalue weighted by Gasteiger charge is 2.05. The molecule has 0 saturated carbocycles. The molecular formula is C17H18N2O2. The number of aryl methyl sites for hydroxylation is 1. The first kappa shape index (κ1) is 14.8. The van der Waals surface area contributed by atoms with Gasteiger partial charge in [-0.1, -0.05) is 29.8 Å². The average Bonchev–Trinajstić information content (AvgIpc) is 2.46. The van der Waals surface area contributed by atoms with E-state index in [-0.39, 0.29) is 11.8 Å². The molecule has 2 rings (SSSR count). The maximum atomic E-state index is 12.0. The maximum Gasteiger partial charge on any atom is 0.251 e. The second kappa shape index (κ2) is 6.70. The SMILES string of the molecule is CC(=O)Nc1ccc(C(=O)NCc2ccc(C)cc2)cc1. The number of hydrogen-bond donors (Lipinski definition) is 2. The Bertz CT molecular complexity index is 631. The molecule has 0 aromatic heterocycles. The van der Waals surface area contributed by atoms with Crippen molar-refractivity contribution in [3.05, 3.63) is 65.2 Å². The summed E-state index contributed by atoms with van der Waals surface area (Å²) in [6.07, 6.45) is 0. The molecule has 2 aromatic rings. The quantitative estimate of drug-likeness (QED) is 0.906. The average molecular weight is 282 g/mol. The molecule has 4 heteroatoms. The van der Waals surface area contributed by atoms with Crippen molar-refractivity contribution in [3.63, 3.8) is 0 Å². The number of anilines is 1. The minimum Gasteiger partial charge on any atom is -0.348 e. The van der Waals surface area contributed by atoms with E-state index in [0.717, 1.165) is 5.56 Å². The van der Waals surface area contributed by atoms with Crippen molar-refractivity contribution in [2.24, 2.45) is 0 Å². The number of hydrogen-bond acceptors (Lipinski definition) is 2. The van der Waals surface area contributed by atoms with Crippen LogP contribution in [0.1, 0.15) is 28.4 Å². The van der Waals surface area contributed by atoms with Crippen LogP contribution < -0.4 is 10.6 Å². The predicted molar refractivity (Wildman–Crippen MR) is 83.1 cm³/mol. The zero-order valence-electron chi connectivity index (χ0n) is 12.1. The molecule has 0 radical (unpaired) electrons. The summed E-state index contributed by atoms with van der Waals surface area (Å²) in [5.41, 5.74) is 3.50. The Kier molecular flexibility index (Phi) is 4.72. The van der Waals surface area contributed by atoms with Crippen molar-refractivity contribution in [3.8, 4) is 0 Å². The minimum atomic E-state index is -0.134. The monoisotopic (exact) mass is 282 g/mol. The van der Waals surface area contributed by atoms with Crippen molar-refractivity contribution < 1.29 is 9.59 Å². The second-order valence-electron chi connectivity index (χ2n) is 4.93. The lowest BCUT2D eigenvalue weighted by molar-refractivity contribution is -0.114. The van der Waals surface area contributed by atoms with Crippen LogP contribution in [0, 0.1) is 6.92 Å². The Morgan fingerprint density at radius 1 is 0.952 bits per heavy atom. The van der Waals surface area contributed by atoms with E-state index in [0.29, 0.717) is 17.8 Å². The van der Waals surface area contributed by atoms with Crippen LogP contribution in [0.4, 0.5) is 5.69 Å². The van der Waals surface area contributed by atoms with Crippen LogP contribution in [0.15, 0.2) is 48.5 Å². The third kappa shape index (κ3) is 4.45. The highest BCUT2D eigenvalue weighted by molar-refractivity contribution is 5.95. The summed E-state index contributed by atoms with van der Waals surface area (Å²) in [5.74, 6) is -0.267. The lowest BCUT2D eigenvalue weighted by Gasteiger charge is -2.07. The van der Waals surface area contributed by atoms with Crippen LogP contribution in [0.25, 0.3) is 0 Å². The van der Waals surface area contributed by atoms with E-state index < -0.39 is 0 Å². The standard InChI is InChI=1S/C17H18N2O2/c1-12-3-5-14(6-4-12)11-18-17(21)15-7-9-16(10-8-15)19-13(2)20/h3-10H,11H2,1-2H3,(H,18,21)(H,19,20). The van der Waals surface area contributed by atoms with Crippen molar-refractivity contribution >= 4 is 17.5 Å². The first-order valence-electron chi connectivity index (χ1n) is 6.76. The fraction of sp³-hybridized carbons (Fsp3) is 0.176. The number of carbonyl (C=O) groups is 2. The van der Waals surface area contributed by atoms with E-state index in [9.17, 15) is 9.59 Å². The van der Waals surface area contributed by atoms with E-state index in [4.69, 9.17) is 0 Å². The summed E-state index contributed by atoms with van der Waals surface area (Å²) < 4.78 is 0. The molecule has 2 aromatic carbocycles. The number of nitrogens with one attached hydrogen (secondary N) is 2. The highest BCUT2D eigenvalue weighted by atomic mass is 16.2. The van der Waals surface area contributed by atoms with E-state index in [1.807, 2.05) is 31.2 Å². The Labute approximate surface area is 124 Å². The van der Waals surface area contributed by atoms with Crippen LogP contribution in [0.3, 0.4) is 0 Å². The molecule has 0 bridgehead atoms. The summed E-state index contributed by atoms with van der Waals surface area (Å²) in [7, 11) is 0. The van der Waals surface area contributed by atoms with Gasteiger partial charge in [-0.15, -0.1) is 0 Å². The van der Waals surface area contributed by atoms with Gasteiger partial charge in [0.05, 0.1) is 0 Å². The number of benzene rings is 2. The molecule has 0 spiro atoms. The number of rotatable bonds is 4. The zero-order valence-corrected chi connectivity index (χ0v) is 12.1. The summed E-state index contributed by atoms with van der Waals surface area (Å²) in [5, 5.41) is 5.53. The number of carbonyl (C=O) groups excluding carboxylic acids is 2. The molecule has 21 heavy (non-hydrogen) atoms. The molecule has 0 aliphatic heterocycles. The Morgan fingerprint density at radius 3 is 2.14 bits per heavy atom. The van der Waals surface area contributed by atoms with Gasteiger partial charge in [-0.25, -0.2) is 0 Å². The fourth-order valence-corrected chi connectivity index (χ4v) is 1.90. The van der Waals surface area contributed by atoms with Gasteiger partial charge in [0.2, 0.25) is 5.91 Å². The predicted octanol–water partition coefficient (Wildman–Crippen LogP) is 2.88. The summed E-state index contributed by atoms with van der Waals surface area (Å²) in [6, 6.07) is 14.8. The van der Waals surface area contributed by atoms with Gasteiger partial charge in [-0.3, -0.25) is 9.59 Å². The summed E-state index contributed by atoms with van der Waals surface area (Å²) in [6.45, 7) is 3.97. The van der Waals surface area contributed by atoms with Crippen molar-refractivity contribution in [2.75, 3.05) is 5.32 Å². The van der Waals surface area contributed by atoms with Gasteiger partial charge in [0.1, 0.15) is 0 Å². The van der Waals surface area contributed by atoms with Gasteiger partial charge in [0.15, 0.2) is 0 Å². The molecular weight excluding hydrogens is 264 g/mol. The highest BCUT2D eigenvalue weighted by Crippen LogP contribution is 2.10. The molecule has 0 atom stereocenters. The van der Waals surface area contributed by atoms with Gasteiger partial charge in [-0.05, 0) is 36.8 Å². The fourth-order valence-electron chi connectivity index (χ4n) is 1.90. The van der Waals surface area contributed by atoms with E-state index >= 15 is 0 Å². The molecule has 0 saturated heterocycles. The third-order valence-corrected chi connectivity index (χ3v) is 3.04. The van der Waals surface area contributed by atoms with E-state index in [1.54, 1.807) is 24.3 Å². The zero-order chi connectivity index (χ0) is 15.2. The molecule has 4 nitrogen and oxygen atoms in total. The maximum absolute atomic E-state index is 12.0. The lowest BCUT2D eigenvalue weighted by Crippen LogP contribution is -2.22. The first-order valence-corrected chi connectivity index (χ1v) is 6.76. The second-order valence-corrected chi connectivity index (χ2v) is 4.93. The Morgan fingerprint density at radius 2 is 1.57 bits per heavy atom. The van der Waals surface area contributed by atoms with Gasteiger partial charge in [0, 0.05) is 24.7 Å². The van der Waals surface area contributed by atoms with E-state index in [2.05, 4.69) is 10.6 Å². The number of amides is 2. The molecule has 0 aliphatic carbocycles. The smallest absolute Gasteiger partial charge is 0.251 e. The van der Waals surface area contributed by atoms with Crippen LogP contribution in [0.2, 0.25) is 0 Å². The molecule has 0 aliphatic rings. The van der Waals surface area contributed by atoms with Gasteiger partial charge in [-0.2, -0.15) is 0 Å². The third-order valence-electron chi connectivity index (χ3n) is 3.04. The lowest BCUT2D eigenvalue weighted by atomic mass is 10.1. The summed E-state index contributed by atoms with van der Waals surface area (Å²) in [4.78, 5) is 22.9. The van der Waals surface area contributed by atoms with Crippen LogP contribution in [0.5, 0.6) is 0 Å². The molecule has 0 unspecified atom stereocenters. The molecule has 2 N–H and O–H groups in total. The van der Waals surface area contributed by atoms with Crippen molar-refractivity contribution in [1.82, 2.24) is 5.32 Å². The van der Waals surface area contributed by atoms with E-state index in [1.165, 1.54) is 12.5 Å². The summed E-state index contributed by atoms with van der Waals surface area (Å²) >= 11 is 0. The van der Waals surface area contributed by atoms with Crippen LogP contribution >= 0.6 is 0 Å². The van der Waals surface area contributed by atoms with Gasteiger partial charge >= 0.3 is 0 Å². The Hall–Kier alpha value is -2.62.